The second-order valence-corrected chi connectivity index (χ2v) is 4.74. The lowest BCUT2D eigenvalue weighted by Crippen LogP contribution is -2.52. The molecule has 4 heteroatoms. The minimum atomic E-state index is -0.106. The van der Waals surface area contributed by atoms with Crippen molar-refractivity contribution in [3.8, 4) is 0 Å². The molecular weight excluding hydrogens is 206 g/mol. The molecule has 16 heavy (non-hydrogen) atoms. The lowest BCUT2D eigenvalue weighted by Gasteiger charge is -2.44. The maximum Gasteiger partial charge on any atom is 0.307 e. The second-order valence-electron chi connectivity index (χ2n) is 4.74. The predicted molar refractivity (Wildman–Crippen MR) is 62.3 cm³/mol. The zero-order valence-corrected chi connectivity index (χ0v) is 10.8. The lowest BCUT2D eigenvalue weighted by molar-refractivity contribution is -0.149. The van der Waals surface area contributed by atoms with E-state index in [1.54, 1.807) is 0 Å². The minimum absolute atomic E-state index is 0.0933. The Kier molecular flexibility index (Phi) is 4.74. The van der Waals surface area contributed by atoms with Crippen LogP contribution in [-0.4, -0.2) is 49.8 Å². The van der Waals surface area contributed by atoms with Crippen LogP contribution in [0.2, 0.25) is 0 Å². The molecule has 1 fully saturated rings. The molecule has 0 amide bonds. The monoisotopic (exact) mass is 229 g/mol. The van der Waals surface area contributed by atoms with E-state index >= 15 is 0 Å². The summed E-state index contributed by atoms with van der Waals surface area (Å²) in [5.41, 5.74) is -0.0933. The van der Waals surface area contributed by atoms with Crippen molar-refractivity contribution in [2.45, 2.75) is 44.8 Å². The van der Waals surface area contributed by atoms with E-state index in [4.69, 9.17) is 9.47 Å². The van der Waals surface area contributed by atoms with E-state index in [1.807, 2.05) is 21.0 Å². The van der Waals surface area contributed by atoms with Crippen LogP contribution in [0.25, 0.3) is 0 Å². The summed E-state index contributed by atoms with van der Waals surface area (Å²) in [6, 6.07) is 0. The third-order valence-corrected chi connectivity index (χ3v) is 3.36. The first-order valence-corrected chi connectivity index (χ1v) is 5.95. The smallest absolute Gasteiger partial charge is 0.307 e. The summed E-state index contributed by atoms with van der Waals surface area (Å²) in [7, 11) is 4.05. The SMILES string of the molecule is CCOC(=O)CC1(N(C)C)CCOC(C)C1. The largest absolute Gasteiger partial charge is 0.466 e. The molecule has 0 aromatic heterocycles. The quantitative estimate of drug-likeness (QED) is 0.684. The van der Waals surface area contributed by atoms with E-state index in [0.29, 0.717) is 13.0 Å². The Morgan fingerprint density at radius 1 is 1.56 bits per heavy atom. The lowest BCUT2D eigenvalue weighted by atomic mass is 9.83. The first-order chi connectivity index (χ1) is 7.50. The van der Waals surface area contributed by atoms with Gasteiger partial charge in [0, 0.05) is 12.1 Å². The number of carbonyl (C=O) groups excluding carboxylic acids is 1. The first kappa shape index (κ1) is 13.5. The average Bonchev–Trinajstić information content (AvgIpc) is 2.17. The molecule has 0 aliphatic carbocycles. The topological polar surface area (TPSA) is 38.8 Å². The van der Waals surface area contributed by atoms with Crippen LogP contribution in [0.4, 0.5) is 0 Å². The van der Waals surface area contributed by atoms with Gasteiger partial charge >= 0.3 is 5.97 Å². The van der Waals surface area contributed by atoms with Gasteiger partial charge in [-0.25, -0.2) is 0 Å². The Morgan fingerprint density at radius 2 is 2.25 bits per heavy atom. The van der Waals surface area contributed by atoms with Gasteiger partial charge in [-0.2, -0.15) is 0 Å². The van der Waals surface area contributed by atoms with Gasteiger partial charge in [0.15, 0.2) is 0 Å². The highest BCUT2D eigenvalue weighted by Crippen LogP contribution is 2.32. The van der Waals surface area contributed by atoms with E-state index < -0.39 is 0 Å². The van der Waals surface area contributed by atoms with Crippen molar-refractivity contribution < 1.29 is 14.3 Å². The third kappa shape index (κ3) is 3.19. The van der Waals surface area contributed by atoms with Gasteiger partial charge in [0.25, 0.3) is 0 Å². The Bertz CT molecular complexity index is 242. The number of hydrogen-bond donors (Lipinski definition) is 0. The van der Waals surface area contributed by atoms with Crippen LogP contribution in [-0.2, 0) is 14.3 Å². The van der Waals surface area contributed by atoms with Crippen LogP contribution < -0.4 is 0 Å². The molecule has 0 N–H and O–H groups in total. The van der Waals surface area contributed by atoms with Gasteiger partial charge in [-0.15, -0.1) is 0 Å². The Hall–Kier alpha value is -0.610. The second kappa shape index (κ2) is 5.64. The molecule has 1 rings (SSSR count). The fourth-order valence-electron chi connectivity index (χ4n) is 2.35. The number of carbonyl (C=O) groups is 1. The Morgan fingerprint density at radius 3 is 2.75 bits per heavy atom. The molecule has 1 heterocycles. The molecular formula is C12H23NO3. The van der Waals surface area contributed by atoms with E-state index in [1.165, 1.54) is 0 Å². The standard InChI is InChI=1S/C12H23NO3/c1-5-15-11(14)9-12(13(3)4)6-7-16-10(2)8-12/h10H,5-9H2,1-4H3. The molecule has 0 saturated carbocycles. The Labute approximate surface area is 97.9 Å². The molecule has 4 nitrogen and oxygen atoms in total. The molecule has 0 bridgehead atoms. The van der Waals surface area contributed by atoms with Crippen molar-refractivity contribution in [2.24, 2.45) is 0 Å². The maximum atomic E-state index is 11.6. The third-order valence-electron chi connectivity index (χ3n) is 3.36. The highest BCUT2D eigenvalue weighted by molar-refractivity contribution is 5.71. The van der Waals surface area contributed by atoms with Gasteiger partial charge in [-0.05, 0) is 40.8 Å². The summed E-state index contributed by atoms with van der Waals surface area (Å²) >= 11 is 0. The summed E-state index contributed by atoms with van der Waals surface area (Å²) in [6.07, 6.45) is 2.45. The molecule has 2 unspecified atom stereocenters. The van der Waals surface area contributed by atoms with Crippen LogP contribution >= 0.6 is 0 Å². The van der Waals surface area contributed by atoms with Crippen molar-refractivity contribution in [1.29, 1.82) is 0 Å². The fourth-order valence-corrected chi connectivity index (χ4v) is 2.35. The van der Waals surface area contributed by atoms with Crippen LogP contribution in [0.3, 0.4) is 0 Å². The molecule has 94 valence electrons. The van der Waals surface area contributed by atoms with Gasteiger partial charge in [-0.3, -0.25) is 4.79 Å². The summed E-state index contributed by atoms with van der Waals surface area (Å²) < 4.78 is 10.6. The number of ether oxygens (including phenoxy) is 2. The highest BCUT2D eigenvalue weighted by atomic mass is 16.5. The van der Waals surface area contributed by atoms with E-state index in [0.717, 1.165) is 19.4 Å². The van der Waals surface area contributed by atoms with Crippen molar-refractivity contribution in [1.82, 2.24) is 4.90 Å². The van der Waals surface area contributed by atoms with Crippen LogP contribution in [0.15, 0.2) is 0 Å². The van der Waals surface area contributed by atoms with Crippen molar-refractivity contribution in [2.75, 3.05) is 27.3 Å². The van der Waals surface area contributed by atoms with E-state index in [9.17, 15) is 4.79 Å². The zero-order valence-electron chi connectivity index (χ0n) is 10.8. The van der Waals surface area contributed by atoms with E-state index in [-0.39, 0.29) is 17.6 Å². The molecule has 1 aliphatic rings. The van der Waals surface area contributed by atoms with Crippen molar-refractivity contribution >= 4 is 5.97 Å². The molecule has 1 aliphatic heterocycles. The number of hydrogen-bond acceptors (Lipinski definition) is 4. The van der Waals surface area contributed by atoms with Crippen LogP contribution in [0.1, 0.15) is 33.1 Å². The predicted octanol–water partition coefficient (Wildman–Crippen LogP) is 1.44. The molecule has 0 aromatic carbocycles. The van der Waals surface area contributed by atoms with Crippen LogP contribution in [0.5, 0.6) is 0 Å². The zero-order chi connectivity index (χ0) is 12.2. The number of rotatable bonds is 4. The summed E-state index contributed by atoms with van der Waals surface area (Å²) in [4.78, 5) is 13.8. The van der Waals surface area contributed by atoms with Crippen molar-refractivity contribution in [3.63, 3.8) is 0 Å². The van der Waals surface area contributed by atoms with Gasteiger partial charge in [-0.1, -0.05) is 0 Å². The molecule has 2 atom stereocenters. The summed E-state index contributed by atoms with van der Waals surface area (Å²) in [5.74, 6) is -0.106. The van der Waals surface area contributed by atoms with Crippen LogP contribution in [0, 0.1) is 0 Å². The number of esters is 1. The fraction of sp³-hybridized carbons (Fsp3) is 0.917. The highest BCUT2D eigenvalue weighted by Gasteiger charge is 2.39. The average molecular weight is 229 g/mol. The summed E-state index contributed by atoms with van der Waals surface area (Å²) in [5, 5.41) is 0. The Balaban J connectivity index is 2.68. The summed E-state index contributed by atoms with van der Waals surface area (Å²) in [6.45, 7) is 5.07. The molecule has 1 saturated heterocycles. The molecule has 0 radical (unpaired) electrons. The van der Waals surface area contributed by atoms with Gasteiger partial charge in [0.1, 0.15) is 0 Å². The van der Waals surface area contributed by atoms with Gasteiger partial charge < -0.3 is 14.4 Å². The minimum Gasteiger partial charge on any atom is -0.466 e. The first-order valence-electron chi connectivity index (χ1n) is 5.95. The number of nitrogens with zero attached hydrogens (tertiary/aromatic N) is 1. The van der Waals surface area contributed by atoms with E-state index in [2.05, 4.69) is 11.8 Å². The molecule has 0 aromatic rings. The van der Waals surface area contributed by atoms with Gasteiger partial charge in [0.2, 0.25) is 0 Å². The van der Waals surface area contributed by atoms with Crippen molar-refractivity contribution in [3.05, 3.63) is 0 Å². The normalized spacial score (nSPS) is 30.4. The molecule has 0 spiro atoms. The van der Waals surface area contributed by atoms with Gasteiger partial charge in [0.05, 0.1) is 19.1 Å². The maximum absolute atomic E-state index is 11.6.